The number of hydrogen-bond acceptors (Lipinski definition) is 6. The molecule has 2 heterocycles. The summed E-state index contributed by atoms with van der Waals surface area (Å²) in [5, 5.41) is 19.8. The number of hydrogen-bond donors (Lipinski definition) is 1. The van der Waals surface area contributed by atoms with Gasteiger partial charge in [0.2, 0.25) is 0 Å². The molecule has 0 radical (unpaired) electrons. The molecular formula is C23H21F5N6O3. The van der Waals surface area contributed by atoms with Gasteiger partial charge in [0.1, 0.15) is 36.1 Å². The van der Waals surface area contributed by atoms with Crippen LogP contribution in [0.5, 0.6) is 5.75 Å². The highest BCUT2D eigenvalue weighted by atomic mass is 19.3. The van der Waals surface area contributed by atoms with Gasteiger partial charge in [-0.3, -0.25) is 4.57 Å². The van der Waals surface area contributed by atoms with Gasteiger partial charge in [0.25, 0.3) is 0 Å². The first-order valence-electron chi connectivity index (χ1n) is 10.9. The lowest BCUT2D eigenvalue weighted by molar-refractivity contribution is -0.148. The first-order valence-corrected chi connectivity index (χ1v) is 10.9. The van der Waals surface area contributed by atoms with Crippen molar-refractivity contribution in [1.82, 2.24) is 29.1 Å². The third-order valence-electron chi connectivity index (χ3n) is 5.85. The summed E-state index contributed by atoms with van der Waals surface area (Å²) in [7, 11) is 0. The number of ether oxygens (including phenoxy) is 1. The molecule has 0 unspecified atom stereocenters. The summed E-state index contributed by atoms with van der Waals surface area (Å²) < 4.78 is 72.6. The van der Waals surface area contributed by atoms with Crippen LogP contribution in [0.4, 0.5) is 22.0 Å². The van der Waals surface area contributed by atoms with Crippen molar-refractivity contribution in [1.29, 1.82) is 0 Å². The van der Waals surface area contributed by atoms with Crippen molar-refractivity contribution in [2.45, 2.75) is 37.5 Å². The van der Waals surface area contributed by atoms with Crippen molar-refractivity contribution in [2.24, 2.45) is 0 Å². The van der Waals surface area contributed by atoms with Crippen LogP contribution in [0.2, 0.25) is 0 Å². The fourth-order valence-electron chi connectivity index (χ4n) is 3.68. The second-order valence-corrected chi connectivity index (χ2v) is 8.28. The average Bonchev–Trinajstić information content (AvgIpc) is 3.52. The predicted molar refractivity (Wildman–Crippen MR) is 119 cm³/mol. The van der Waals surface area contributed by atoms with E-state index in [2.05, 4.69) is 15.2 Å². The van der Waals surface area contributed by atoms with Gasteiger partial charge >= 0.3 is 18.0 Å². The Morgan fingerprint density at radius 1 is 1.03 bits per heavy atom. The Morgan fingerprint density at radius 3 is 2.30 bits per heavy atom. The van der Waals surface area contributed by atoms with Crippen LogP contribution >= 0.6 is 0 Å². The van der Waals surface area contributed by atoms with E-state index in [1.807, 2.05) is 0 Å². The quantitative estimate of drug-likeness (QED) is 0.320. The minimum atomic E-state index is -4.31. The van der Waals surface area contributed by atoms with Gasteiger partial charge in [-0.25, -0.2) is 27.6 Å². The Labute approximate surface area is 206 Å². The molecule has 2 aromatic heterocycles. The van der Waals surface area contributed by atoms with Gasteiger partial charge in [-0.15, -0.1) is 0 Å². The van der Waals surface area contributed by atoms with Crippen LogP contribution in [0.25, 0.3) is 5.69 Å². The number of aromatic nitrogens is 6. The van der Waals surface area contributed by atoms with E-state index in [0.717, 1.165) is 4.68 Å². The summed E-state index contributed by atoms with van der Waals surface area (Å²) in [5.41, 5.74) is -1.85. The first kappa shape index (κ1) is 26.0. The number of aliphatic hydroxyl groups is 1. The van der Waals surface area contributed by atoms with E-state index < -0.39 is 42.1 Å². The smallest absolute Gasteiger partial charge is 0.350 e. The van der Waals surface area contributed by atoms with Crippen LogP contribution in [-0.4, -0.2) is 53.2 Å². The van der Waals surface area contributed by atoms with Gasteiger partial charge in [0, 0.05) is 0 Å². The normalized spacial score (nSPS) is 14.5. The summed E-state index contributed by atoms with van der Waals surface area (Å²) in [4.78, 5) is 17.1. The largest absolute Gasteiger partial charge is 0.487 e. The van der Waals surface area contributed by atoms with Crippen LogP contribution in [0.3, 0.4) is 0 Å². The minimum absolute atomic E-state index is 0.108. The predicted octanol–water partition coefficient (Wildman–Crippen LogP) is 3.19. The van der Waals surface area contributed by atoms with E-state index >= 15 is 0 Å². The fraction of sp³-hybridized carbons (Fsp3) is 0.304. The van der Waals surface area contributed by atoms with Gasteiger partial charge < -0.3 is 9.84 Å². The topological polar surface area (TPSA) is 100.0 Å². The van der Waals surface area contributed by atoms with Crippen molar-refractivity contribution in [3.05, 3.63) is 89.4 Å². The number of alkyl halides is 4. The molecule has 9 nitrogen and oxygen atoms in total. The van der Waals surface area contributed by atoms with Gasteiger partial charge in [-0.1, -0.05) is 12.1 Å². The summed E-state index contributed by atoms with van der Waals surface area (Å²) in [6.45, 7) is -0.0512. The molecule has 14 heteroatoms. The van der Waals surface area contributed by atoms with E-state index in [4.69, 9.17) is 4.74 Å². The molecule has 0 saturated heterocycles. The molecule has 0 aliphatic carbocycles. The first-order chi connectivity index (χ1) is 17.5. The Hall–Kier alpha value is -4.07. The summed E-state index contributed by atoms with van der Waals surface area (Å²) in [6, 6.07) is 9.35. The lowest BCUT2D eigenvalue weighted by Gasteiger charge is -2.34. The molecule has 37 heavy (non-hydrogen) atoms. The molecule has 0 amide bonds. The highest BCUT2D eigenvalue weighted by Crippen LogP contribution is 2.34. The molecule has 0 saturated carbocycles. The number of halogens is 5. The molecule has 196 valence electrons. The third kappa shape index (κ3) is 5.38. The Balaban J connectivity index is 1.61. The SMILES string of the molecule is C[C@@H](n1cnn(-c2ccc(OCC(F)(F)C(F)F)cc2)c1=O)[C@](O)(Cn1cncn1)c1ccc(F)cc1. The van der Waals surface area contributed by atoms with Crippen LogP contribution in [-0.2, 0) is 12.1 Å². The summed E-state index contributed by atoms with van der Waals surface area (Å²) >= 11 is 0. The zero-order chi connectivity index (χ0) is 26.8. The standard InChI is InChI=1S/C23H21F5N6O3/c1-15(22(36,10-32-13-29-12-30-32)16-2-4-17(24)5-3-16)33-14-31-34(21(33)35)18-6-8-19(9-7-18)37-11-23(27,28)20(25)26/h2-9,12-15,20,36H,10-11H2,1H3/t15-,22-/m1/s1. The van der Waals surface area contributed by atoms with Gasteiger partial charge in [0.05, 0.1) is 18.3 Å². The summed E-state index contributed by atoms with van der Waals surface area (Å²) in [6.07, 6.45) is 0.00138. The molecule has 0 fully saturated rings. The lowest BCUT2D eigenvalue weighted by atomic mass is 9.86. The highest BCUT2D eigenvalue weighted by molar-refractivity contribution is 5.36. The highest BCUT2D eigenvalue weighted by Gasteiger charge is 2.42. The van der Waals surface area contributed by atoms with Crippen molar-refractivity contribution in [3.8, 4) is 11.4 Å². The maximum Gasteiger partial charge on any atom is 0.350 e. The summed E-state index contributed by atoms with van der Waals surface area (Å²) in [5.74, 6) is -4.92. The van der Waals surface area contributed by atoms with Crippen LogP contribution in [0, 0.1) is 5.82 Å². The van der Waals surface area contributed by atoms with Crippen molar-refractivity contribution >= 4 is 0 Å². The number of rotatable bonds is 10. The maximum absolute atomic E-state index is 13.5. The zero-order valence-corrected chi connectivity index (χ0v) is 19.3. The van der Waals surface area contributed by atoms with Gasteiger partial charge in [-0.2, -0.15) is 23.7 Å². The Morgan fingerprint density at radius 2 is 1.70 bits per heavy atom. The second-order valence-electron chi connectivity index (χ2n) is 8.28. The molecule has 0 spiro atoms. The van der Waals surface area contributed by atoms with Crippen molar-refractivity contribution < 1.29 is 31.8 Å². The number of benzene rings is 2. The zero-order valence-electron chi connectivity index (χ0n) is 19.3. The van der Waals surface area contributed by atoms with Crippen molar-refractivity contribution in [2.75, 3.05) is 6.61 Å². The van der Waals surface area contributed by atoms with E-state index in [0.29, 0.717) is 5.56 Å². The lowest BCUT2D eigenvalue weighted by Crippen LogP contribution is -2.43. The monoisotopic (exact) mass is 524 g/mol. The van der Waals surface area contributed by atoms with Crippen LogP contribution in [0.15, 0.2) is 72.3 Å². The van der Waals surface area contributed by atoms with Gasteiger partial charge in [0.15, 0.2) is 6.61 Å². The molecule has 4 rings (SSSR count). The van der Waals surface area contributed by atoms with E-state index in [9.17, 15) is 31.9 Å². The molecular weight excluding hydrogens is 503 g/mol. The molecule has 0 bridgehead atoms. The Bertz CT molecular complexity index is 1370. The minimum Gasteiger partial charge on any atom is -0.487 e. The molecule has 0 aliphatic heterocycles. The van der Waals surface area contributed by atoms with Crippen LogP contribution in [0.1, 0.15) is 18.5 Å². The van der Waals surface area contributed by atoms with E-state index in [-0.39, 0.29) is 18.0 Å². The van der Waals surface area contributed by atoms with E-state index in [1.54, 1.807) is 6.92 Å². The number of nitrogens with zero attached hydrogens (tertiary/aromatic N) is 6. The average molecular weight is 524 g/mol. The Kier molecular flexibility index (Phi) is 7.12. The van der Waals surface area contributed by atoms with Crippen LogP contribution < -0.4 is 10.4 Å². The second kappa shape index (κ2) is 10.1. The maximum atomic E-state index is 13.5. The van der Waals surface area contributed by atoms with Crippen molar-refractivity contribution in [3.63, 3.8) is 0 Å². The molecule has 4 aromatic rings. The van der Waals surface area contributed by atoms with Gasteiger partial charge in [-0.05, 0) is 48.9 Å². The third-order valence-corrected chi connectivity index (χ3v) is 5.85. The molecule has 1 N–H and O–H groups in total. The van der Waals surface area contributed by atoms with E-state index in [1.165, 1.54) is 76.8 Å². The molecule has 2 atom stereocenters. The molecule has 2 aromatic carbocycles. The molecule has 0 aliphatic rings. The fourth-order valence-corrected chi connectivity index (χ4v) is 3.68.